The summed E-state index contributed by atoms with van der Waals surface area (Å²) >= 11 is 1.78. The Kier molecular flexibility index (Phi) is 6.48. The molecule has 8 heteroatoms. The van der Waals surface area contributed by atoms with Crippen molar-refractivity contribution in [2.45, 2.75) is 31.5 Å². The van der Waals surface area contributed by atoms with Gasteiger partial charge >= 0.3 is 5.97 Å². The third-order valence-corrected chi connectivity index (χ3v) is 7.60. The summed E-state index contributed by atoms with van der Waals surface area (Å²) in [5.74, 6) is 0.142. The van der Waals surface area contributed by atoms with Gasteiger partial charge in [-0.3, -0.25) is 9.69 Å². The van der Waals surface area contributed by atoms with Gasteiger partial charge in [0.15, 0.2) is 0 Å². The molecular formula is C25H27NO6S. The number of methoxy groups -OCH3 is 1. The number of Topliss-reactive ketones (excluding diaryl/α,β-unsaturated/α-hetero) is 1. The summed E-state index contributed by atoms with van der Waals surface area (Å²) in [5, 5.41) is 2.10. The van der Waals surface area contributed by atoms with Gasteiger partial charge in [-0.1, -0.05) is 6.07 Å². The molecule has 4 atom stereocenters. The molecule has 174 valence electrons. The first-order chi connectivity index (χ1) is 16.1. The molecule has 1 aromatic carbocycles. The van der Waals surface area contributed by atoms with Crippen molar-refractivity contribution in [1.82, 2.24) is 4.90 Å². The summed E-state index contributed by atoms with van der Waals surface area (Å²) in [6.45, 7) is 2.42. The van der Waals surface area contributed by atoms with Gasteiger partial charge in [-0.25, -0.2) is 4.79 Å². The van der Waals surface area contributed by atoms with E-state index in [1.54, 1.807) is 35.6 Å². The Hall–Kier alpha value is -2.68. The lowest BCUT2D eigenvalue weighted by atomic mass is 9.73. The average molecular weight is 470 g/mol. The van der Waals surface area contributed by atoms with Crippen LogP contribution in [0.25, 0.3) is 0 Å². The number of rotatable bonds is 6. The standard InChI is InChI=1S/C25H27NO6S/c1-29-25(28)16-4-6-17(7-5-16)32-22-14-30-24-19(23(22)27)8-9-21-20(24)13-26(15-31-21)11-10-18-3-2-12-33-18/h2-7,12,14,19-21,24H,8-11,13,15H2,1H3. The smallest absolute Gasteiger partial charge is 0.337 e. The van der Waals surface area contributed by atoms with Gasteiger partial charge in [0.2, 0.25) is 11.5 Å². The topological polar surface area (TPSA) is 74.3 Å². The summed E-state index contributed by atoms with van der Waals surface area (Å²) in [5.41, 5.74) is 0.421. The number of nitrogens with zero attached hydrogens (tertiary/aromatic N) is 1. The number of hydrogen-bond acceptors (Lipinski definition) is 8. The van der Waals surface area contributed by atoms with Crippen LogP contribution in [0.3, 0.4) is 0 Å². The number of hydrogen-bond donors (Lipinski definition) is 0. The van der Waals surface area contributed by atoms with Crippen molar-refractivity contribution in [2.24, 2.45) is 11.8 Å². The van der Waals surface area contributed by atoms with Crippen molar-refractivity contribution in [2.75, 3.05) is 26.9 Å². The molecule has 3 heterocycles. The Morgan fingerprint density at radius 1 is 1.21 bits per heavy atom. The highest BCUT2D eigenvalue weighted by molar-refractivity contribution is 7.09. The zero-order chi connectivity index (χ0) is 22.8. The van der Waals surface area contributed by atoms with Crippen molar-refractivity contribution in [3.63, 3.8) is 0 Å². The number of benzene rings is 1. The predicted octanol–water partition coefficient (Wildman–Crippen LogP) is 3.65. The van der Waals surface area contributed by atoms with Gasteiger partial charge in [0.25, 0.3) is 0 Å². The van der Waals surface area contributed by atoms with E-state index in [4.69, 9.17) is 18.9 Å². The third kappa shape index (κ3) is 4.69. The molecule has 2 aromatic rings. The van der Waals surface area contributed by atoms with Crippen LogP contribution in [0.1, 0.15) is 28.1 Å². The molecule has 0 N–H and O–H groups in total. The number of carbonyl (C=O) groups excluding carboxylic acids is 2. The average Bonchev–Trinajstić information content (AvgIpc) is 3.38. The van der Waals surface area contributed by atoms with Crippen LogP contribution in [0.2, 0.25) is 0 Å². The minimum absolute atomic E-state index is 0.0301. The van der Waals surface area contributed by atoms with Crippen LogP contribution in [0.4, 0.5) is 0 Å². The van der Waals surface area contributed by atoms with E-state index in [1.807, 2.05) is 0 Å². The van der Waals surface area contributed by atoms with Crippen molar-refractivity contribution < 1.29 is 28.5 Å². The lowest BCUT2D eigenvalue weighted by molar-refractivity contribution is -0.173. The zero-order valence-corrected chi connectivity index (χ0v) is 19.3. The molecule has 0 spiro atoms. The molecule has 3 aliphatic rings. The number of thiophene rings is 1. The number of carbonyl (C=O) groups is 2. The molecule has 0 amide bonds. The Balaban J connectivity index is 1.23. The maximum atomic E-state index is 13.2. The van der Waals surface area contributed by atoms with Gasteiger partial charge < -0.3 is 18.9 Å². The quantitative estimate of drug-likeness (QED) is 0.598. The van der Waals surface area contributed by atoms with Crippen LogP contribution in [-0.4, -0.2) is 55.8 Å². The van der Waals surface area contributed by atoms with Crippen LogP contribution in [-0.2, 0) is 25.4 Å². The molecular weight excluding hydrogens is 442 g/mol. The van der Waals surface area contributed by atoms with Gasteiger partial charge in [-0.05, 0) is 55.0 Å². The summed E-state index contributed by atoms with van der Waals surface area (Å²) in [6.07, 6.45) is 3.94. The molecule has 1 aromatic heterocycles. The van der Waals surface area contributed by atoms with E-state index in [1.165, 1.54) is 18.2 Å². The van der Waals surface area contributed by atoms with Crippen LogP contribution in [0.5, 0.6) is 5.75 Å². The highest BCUT2D eigenvalue weighted by atomic mass is 32.1. The summed E-state index contributed by atoms with van der Waals surface area (Å²) in [6, 6.07) is 10.7. The summed E-state index contributed by atoms with van der Waals surface area (Å²) in [7, 11) is 1.33. The maximum absolute atomic E-state index is 13.2. The van der Waals surface area contributed by atoms with Crippen molar-refractivity contribution in [1.29, 1.82) is 0 Å². The van der Waals surface area contributed by atoms with E-state index in [0.717, 1.165) is 32.4 Å². The largest absolute Gasteiger partial charge is 0.493 e. The van der Waals surface area contributed by atoms with Crippen molar-refractivity contribution in [3.05, 3.63) is 64.2 Å². The molecule has 33 heavy (non-hydrogen) atoms. The van der Waals surface area contributed by atoms with Gasteiger partial charge in [0.1, 0.15) is 18.1 Å². The summed E-state index contributed by atoms with van der Waals surface area (Å²) in [4.78, 5) is 28.5. The van der Waals surface area contributed by atoms with E-state index in [-0.39, 0.29) is 35.6 Å². The second-order valence-electron chi connectivity index (χ2n) is 8.65. The second-order valence-corrected chi connectivity index (χ2v) is 9.69. The molecule has 2 fully saturated rings. The van der Waals surface area contributed by atoms with Gasteiger partial charge in [-0.2, -0.15) is 0 Å². The first-order valence-electron chi connectivity index (χ1n) is 11.2. The van der Waals surface area contributed by atoms with E-state index < -0.39 is 5.97 Å². The van der Waals surface area contributed by atoms with Crippen LogP contribution in [0, 0.1) is 11.8 Å². The molecule has 5 rings (SSSR count). The minimum Gasteiger partial charge on any atom is -0.493 e. The van der Waals surface area contributed by atoms with Crippen LogP contribution < -0.4 is 4.74 Å². The first-order valence-corrected chi connectivity index (χ1v) is 12.1. The maximum Gasteiger partial charge on any atom is 0.337 e. The van der Waals surface area contributed by atoms with E-state index >= 15 is 0 Å². The number of fused-ring (bicyclic) bond motifs is 3. The molecule has 0 radical (unpaired) electrons. The van der Waals surface area contributed by atoms with E-state index in [2.05, 4.69) is 22.4 Å². The normalized spacial score (nSPS) is 27.1. The first kappa shape index (κ1) is 22.1. The zero-order valence-electron chi connectivity index (χ0n) is 18.5. The molecule has 4 unspecified atom stereocenters. The Bertz CT molecular complexity index is 1020. The monoisotopic (exact) mass is 469 g/mol. The molecule has 0 bridgehead atoms. The fraction of sp³-hybridized carbons (Fsp3) is 0.440. The highest BCUT2D eigenvalue weighted by Gasteiger charge is 2.49. The number of ether oxygens (including phenoxy) is 4. The summed E-state index contributed by atoms with van der Waals surface area (Å²) < 4.78 is 22.8. The molecule has 1 saturated heterocycles. The molecule has 1 saturated carbocycles. The van der Waals surface area contributed by atoms with Gasteiger partial charge in [0.05, 0.1) is 31.4 Å². The molecule has 1 aliphatic carbocycles. The highest BCUT2D eigenvalue weighted by Crippen LogP contribution is 2.40. The number of ketones is 1. The van der Waals surface area contributed by atoms with Gasteiger partial charge in [-0.15, -0.1) is 11.3 Å². The molecule has 7 nitrogen and oxygen atoms in total. The van der Waals surface area contributed by atoms with E-state index in [0.29, 0.717) is 18.0 Å². The fourth-order valence-electron chi connectivity index (χ4n) is 4.93. The predicted molar refractivity (Wildman–Crippen MR) is 122 cm³/mol. The van der Waals surface area contributed by atoms with Crippen LogP contribution in [0.15, 0.2) is 53.8 Å². The van der Waals surface area contributed by atoms with Crippen molar-refractivity contribution in [3.8, 4) is 5.75 Å². The lowest BCUT2D eigenvalue weighted by Crippen LogP contribution is -2.57. The fourth-order valence-corrected chi connectivity index (χ4v) is 5.63. The Morgan fingerprint density at radius 2 is 2.06 bits per heavy atom. The van der Waals surface area contributed by atoms with Crippen LogP contribution >= 0.6 is 11.3 Å². The van der Waals surface area contributed by atoms with Crippen molar-refractivity contribution >= 4 is 23.1 Å². The second kappa shape index (κ2) is 9.67. The van der Waals surface area contributed by atoms with E-state index in [9.17, 15) is 9.59 Å². The Labute approximate surface area is 196 Å². The third-order valence-electron chi connectivity index (χ3n) is 6.67. The SMILES string of the molecule is COC(=O)c1ccc(OC2=COC3C(CCC4OCN(CCc5cccs5)CC43)C2=O)cc1. The number of esters is 1. The van der Waals surface area contributed by atoms with Gasteiger partial charge in [0, 0.05) is 23.9 Å². The number of allylic oxidation sites excluding steroid dienone is 1. The minimum atomic E-state index is -0.420. The lowest BCUT2D eigenvalue weighted by Gasteiger charge is -2.48. The Morgan fingerprint density at radius 3 is 2.82 bits per heavy atom. The molecule has 2 aliphatic heterocycles.